The summed E-state index contributed by atoms with van der Waals surface area (Å²) in [6, 6.07) is 8.22. The Hall–Kier alpha value is -2.10. The van der Waals surface area contributed by atoms with Crippen molar-refractivity contribution in [2.45, 2.75) is 38.6 Å². The van der Waals surface area contributed by atoms with Gasteiger partial charge in [-0.1, -0.05) is 39.0 Å². The molecule has 3 N–H and O–H groups in total. The van der Waals surface area contributed by atoms with Crippen LogP contribution in [0.2, 0.25) is 0 Å². The van der Waals surface area contributed by atoms with Gasteiger partial charge in [0.05, 0.1) is 6.61 Å². The summed E-state index contributed by atoms with van der Waals surface area (Å²) in [4.78, 5) is 36.4. The van der Waals surface area contributed by atoms with Gasteiger partial charge in [0, 0.05) is 24.4 Å². The topological polar surface area (TPSA) is 162 Å². The van der Waals surface area contributed by atoms with Crippen molar-refractivity contribution in [2.24, 2.45) is 5.41 Å². The second-order valence-electron chi connectivity index (χ2n) is 8.67. The van der Waals surface area contributed by atoms with Crippen molar-refractivity contribution < 1.29 is 47.3 Å². The van der Waals surface area contributed by atoms with Gasteiger partial charge in [-0.05, 0) is 29.2 Å². The number of hydrogen-bond donors (Lipinski definition) is 3. The van der Waals surface area contributed by atoms with Crippen LogP contribution in [0.3, 0.4) is 0 Å². The first-order chi connectivity index (χ1) is 15.2. The van der Waals surface area contributed by atoms with Crippen LogP contribution in [-0.2, 0) is 29.3 Å². The molecule has 0 radical (unpaired) electrons. The van der Waals surface area contributed by atoms with Crippen LogP contribution in [0.5, 0.6) is 5.75 Å². The Morgan fingerprint density at radius 2 is 1.73 bits per heavy atom. The second-order valence-corrected chi connectivity index (χ2v) is 13.0. The van der Waals surface area contributed by atoms with E-state index in [0.717, 1.165) is 0 Å². The minimum atomic E-state index is -5.09. The quantitative estimate of drug-likeness (QED) is 0.309. The average Bonchev–Trinajstić information content (AvgIpc) is 2.71. The molecule has 1 fully saturated rings. The summed E-state index contributed by atoms with van der Waals surface area (Å²) in [5.74, 6) is 0.0981. The predicted octanol–water partition coefficient (Wildman–Crippen LogP) is 3.95. The van der Waals surface area contributed by atoms with Crippen molar-refractivity contribution in [2.75, 3.05) is 6.61 Å². The molecule has 0 bridgehead atoms. The van der Waals surface area contributed by atoms with Crippen LogP contribution in [0, 0.1) is 5.41 Å². The van der Waals surface area contributed by atoms with E-state index in [-0.39, 0.29) is 28.9 Å². The van der Waals surface area contributed by atoms with E-state index in [1.54, 1.807) is 0 Å². The maximum Gasteiger partial charge on any atom is 0.513 e. The first kappa shape index (κ1) is 25.5. The molecule has 2 unspecified atom stereocenters. The van der Waals surface area contributed by atoms with Crippen LogP contribution in [0.25, 0.3) is 0 Å². The highest BCUT2D eigenvalue weighted by Crippen LogP contribution is 2.79. The van der Waals surface area contributed by atoms with Crippen molar-refractivity contribution in [3.63, 3.8) is 0 Å². The highest BCUT2D eigenvalue weighted by Gasteiger charge is 2.67. The Labute approximate surface area is 190 Å². The Bertz CT molecular complexity index is 1060. The molecule has 0 aliphatic carbocycles. The number of pyridine rings is 1. The molecule has 2 heterocycles. The van der Waals surface area contributed by atoms with Gasteiger partial charge in [0.1, 0.15) is 5.75 Å². The summed E-state index contributed by atoms with van der Waals surface area (Å²) in [7, 11) is -10.2. The zero-order chi connectivity index (χ0) is 24.5. The minimum absolute atomic E-state index is 0.0809. The van der Waals surface area contributed by atoms with Crippen LogP contribution in [-0.4, -0.2) is 37.7 Å². The monoisotopic (exact) mass is 501 g/mol. The molecule has 0 spiro atoms. The molecule has 11 nitrogen and oxygen atoms in total. The fraction of sp³-hybridized carbons (Fsp3) is 0.400. The lowest BCUT2D eigenvalue weighted by Crippen LogP contribution is -2.37. The Morgan fingerprint density at radius 1 is 1.12 bits per heavy atom. The molecule has 0 saturated carbocycles. The van der Waals surface area contributed by atoms with Gasteiger partial charge >= 0.3 is 21.3 Å². The van der Waals surface area contributed by atoms with E-state index < -0.39 is 39.1 Å². The molecule has 2 aromatic rings. The third-order valence-corrected chi connectivity index (χ3v) is 9.12. The fourth-order valence-electron chi connectivity index (χ4n) is 2.80. The highest BCUT2D eigenvalue weighted by atomic mass is 31.2. The van der Waals surface area contributed by atoms with E-state index in [0.29, 0.717) is 0 Å². The molecule has 1 aromatic heterocycles. The van der Waals surface area contributed by atoms with E-state index in [2.05, 4.69) is 4.98 Å². The number of carbonyl (C=O) groups is 1. The summed E-state index contributed by atoms with van der Waals surface area (Å²) in [5.41, 5.74) is 0.0694. The summed E-state index contributed by atoms with van der Waals surface area (Å²) >= 11 is 0. The third kappa shape index (κ3) is 5.88. The maximum absolute atomic E-state index is 12.8. The van der Waals surface area contributed by atoms with Crippen molar-refractivity contribution in [3.8, 4) is 5.75 Å². The summed E-state index contributed by atoms with van der Waals surface area (Å²) in [5, 5.41) is 7.64. The number of carbonyl (C=O) groups excluding carboxylic acids is 1. The molecular weight excluding hydrogens is 476 g/mol. The van der Waals surface area contributed by atoms with Crippen LogP contribution < -0.4 is 4.74 Å². The molecule has 180 valence electrons. The van der Waals surface area contributed by atoms with E-state index in [9.17, 15) is 28.8 Å². The van der Waals surface area contributed by atoms with E-state index in [1.165, 1.54) is 48.8 Å². The van der Waals surface area contributed by atoms with E-state index in [1.807, 2.05) is 20.8 Å². The number of aromatic nitrogens is 1. The Kier molecular flexibility index (Phi) is 7.17. The Morgan fingerprint density at radius 3 is 2.24 bits per heavy atom. The largest absolute Gasteiger partial charge is 0.513 e. The normalized spacial score (nSPS) is 29.9. The van der Waals surface area contributed by atoms with Crippen LogP contribution >= 0.6 is 15.2 Å². The predicted molar refractivity (Wildman–Crippen MR) is 115 cm³/mol. The van der Waals surface area contributed by atoms with Crippen LogP contribution in [0.1, 0.15) is 38.2 Å². The van der Waals surface area contributed by atoms with Gasteiger partial charge in [-0.2, -0.15) is 0 Å². The molecule has 33 heavy (non-hydrogen) atoms. The van der Waals surface area contributed by atoms with Gasteiger partial charge in [0.15, 0.2) is 0 Å². The van der Waals surface area contributed by atoms with Gasteiger partial charge in [-0.15, -0.1) is 0 Å². The first-order valence-electron chi connectivity index (χ1n) is 9.81. The fourth-order valence-corrected chi connectivity index (χ4v) is 6.38. The number of ether oxygens (including phenoxy) is 2. The van der Waals surface area contributed by atoms with Crippen molar-refractivity contribution in [1.82, 2.24) is 4.98 Å². The molecular formula is C20H25NO10P2. The number of rotatable bonds is 5. The molecule has 1 aliphatic heterocycles. The molecule has 13 heteroatoms. The molecule has 1 saturated heterocycles. The number of benzene rings is 1. The summed E-state index contributed by atoms with van der Waals surface area (Å²) in [6.07, 6.45) is -0.629. The van der Waals surface area contributed by atoms with Gasteiger partial charge in [0.2, 0.25) is 6.29 Å². The van der Waals surface area contributed by atoms with E-state index >= 15 is 0 Å². The molecule has 1 aromatic carbocycles. The number of hydrogen-bond acceptors (Lipinski definition) is 9. The van der Waals surface area contributed by atoms with Gasteiger partial charge in [-0.3, -0.25) is 23.2 Å². The highest BCUT2D eigenvalue weighted by molar-refractivity contribution is 7.73. The van der Waals surface area contributed by atoms with Crippen LogP contribution in [0.4, 0.5) is 4.79 Å². The number of nitrogens with zero attached hydrogens (tertiary/aromatic N) is 1. The first-order valence-corrected chi connectivity index (χ1v) is 13.0. The lowest BCUT2D eigenvalue weighted by Gasteiger charge is -2.41. The third-order valence-electron chi connectivity index (χ3n) is 4.52. The smallest absolute Gasteiger partial charge is 0.433 e. The van der Waals surface area contributed by atoms with Crippen molar-refractivity contribution in [1.29, 1.82) is 0 Å². The van der Waals surface area contributed by atoms with Crippen molar-refractivity contribution in [3.05, 3.63) is 59.9 Å². The zero-order valence-electron chi connectivity index (χ0n) is 18.2. The summed E-state index contributed by atoms with van der Waals surface area (Å²) in [6.45, 7) is 5.80. The van der Waals surface area contributed by atoms with Gasteiger partial charge in [-0.25, -0.2) is 4.79 Å². The van der Waals surface area contributed by atoms with Gasteiger partial charge < -0.3 is 24.4 Å². The average molecular weight is 501 g/mol. The second kappa shape index (κ2) is 9.27. The maximum atomic E-state index is 12.8. The SMILES string of the molecule is CC(C)(C)COC(=O)Oc1ccc(C2OP(=O)(O)C(O)(Cc3cccnc3)P(=O)(O)O2)cc1. The Balaban J connectivity index is 1.73. The van der Waals surface area contributed by atoms with Gasteiger partial charge in [0.25, 0.3) is 5.08 Å². The zero-order valence-corrected chi connectivity index (χ0v) is 19.9. The lowest BCUT2D eigenvalue weighted by atomic mass is 9.99. The molecule has 2 atom stereocenters. The van der Waals surface area contributed by atoms with Crippen molar-refractivity contribution >= 4 is 21.3 Å². The summed E-state index contributed by atoms with van der Waals surface area (Å²) < 4.78 is 45.7. The van der Waals surface area contributed by atoms with E-state index in [4.69, 9.17) is 18.5 Å². The minimum Gasteiger partial charge on any atom is -0.433 e. The molecule has 3 rings (SSSR count). The standard InChI is InChI=1S/C20H25NO10P2/c1-19(2,3)13-28-18(22)29-16-8-6-15(7-9-16)17-30-32(24,25)20(23,33(26,27)31-17)11-14-5-4-10-21-12-14/h4-10,12,17,23H,11,13H2,1-3H3,(H,24,25)(H,26,27). The molecule has 0 amide bonds. The molecule has 1 aliphatic rings. The van der Waals surface area contributed by atoms with Crippen LogP contribution in [0.15, 0.2) is 48.8 Å². The number of aliphatic hydroxyl groups is 1. The lowest BCUT2D eigenvalue weighted by molar-refractivity contribution is -0.0579.